The Bertz CT molecular complexity index is 641. The minimum Gasteiger partial charge on any atom is -0.494 e. The smallest absolute Gasteiger partial charge is 0.307 e. The van der Waals surface area contributed by atoms with E-state index in [2.05, 4.69) is 0 Å². The minimum atomic E-state index is -3.17. The molecule has 0 bridgehead atoms. The zero-order chi connectivity index (χ0) is 15.6. The zero-order valence-electron chi connectivity index (χ0n) is 11.6. The van der Waals surface area contributed by atoms with E-state index < -0.39 is 33.5 Å². The molecule has 1 aliphatic heterocycles. The molecule has 116 valence electrons. The molecule has 2 unspecified atom stereocenters. The van der Waals surface area contributed by atoms with Gasteiger partial charge in [-0.2, -0.15) is 0 Å². The van der Waals surface area contributed by atoms with E-state index in [1.165, 1.54) is 19.2 Å². The first kappa shape index (κ1) is 15.8. The number of halogens is 1. The lowest BCUT2D eigenvalue weighted by atomic mass is 9.86. The monoisotopic (exact) mass is 316 g/mol. The standard InChI is InChI=1S/C14H17FO5S/c1-20-12-4-2-3-9(13(12)15)7-11(14(16)17)10-5-6-21(18,19)8-10/h2-4,10-11H,5-8H2,1H3,(H,16,17). The highest BCUT2D eigenvalue weighted by molar-refractivity contribution is 7.91. The van der Waals surface area contributed by atoms with Crippen LogP contribution in [0.1, 0.15) is 12.0 Å². The van der Waals surface area contributed by atoms with Gasteiger partial charge in [0, 0.05) is 0 Å². The minimum absolute atomic E-state index is 0.00202. The average Bonchev–Trinajstić information content (AvgIpc) is 2.77. The molecule has 1 saturated heterocycles. The Morgan fingerprint density at radius 3 is 2.76 bits per heavy atom. The molecular weight excluding hydrogens is 299 g/mol. The van der Waals surface area contributed by atoms with Crippen molar-refractivity contribution in [1.29, 1.82) is 0 Å². The molecule has 1 N–H and O–H groups in total. The van der Waals surface area contributed by atoms with Gasteiger partial charge in [0.25, 0.3) is 0 Å². The molecule has 1 aromatic carbocycles. The molecule has 7 heteroatoms. The number of aliphatic carboxylic acids is 1. The topological polar surface area (TPSA) is 80.7 Å². The highest BCUT2D eigenvalue weighted by atomic mass is 32.2. The maximum Gasteiger partial charge on any atom is 0.307 e. The van der Waals surface area contributed by atoms with Gasteiger partial charge in [-0.3, -0.25) is 4.79 Å². The third kappa shape index (κ3) is 3.53. The van der Waals surface area contributed by atoms with Gasteiger partial charge in [0.05, 0.1) is 24.5 Å². The largest absolute Gasteiger partial charge is 0.494 e. The van der Waals surface area contributed by atoms with Gasteiger partial charge >= 0.3 is 5.97 Å². The summed E-state index contributed by atoms with van der Waals surface area (Å²) in [7, 11) is -1.84. The molecule has 2 atom stereocenters. The van der Waals surface area contributed by atoms with E-state index in [1.807, 2.05) is 0 Å². The van der Waals surface area contributed by atoms with E-state index in [4.69, 9.17) is 4.74 Å². The second-order valence-electron chi connectivity index (χ2n) is 5.25. The maximum atomic E-state index is 14.1. The Morgan fingerprint density at radius 2 is 2.24 bits per heavy atom. The van der Waals surface area contributed by atoms with Crippen molar-refractivity contribution in [2.45, 2.75) is 12.8 Å². The van der Waals surface area contributed by atoms with Crippen LogP contribution in [-0.2, 0) is 21.1 Å². The van der Waals surface area contributed by atoms with Crippen molar-refractivity contribution in [2.75, 3.05) is 18.6 Å². The fraction of sp³-hybridized carbons (Fsp3) is 0.500. The van der Waals surface area contributed by atoms with Crippen molar-refractivity contribution >= 4 is 15.8 Å². The van der Waals surface area contributed by atoms with Crippen LogP contribution < -0.4 is 4.74 Å². The first-order valence-corrected chi connectivity index (χ1v) is 8.41. The van der Waals surface area contributed by atoms with E-state index in [9.17, 15) is 22.7 Å². The molecule has 1 aliphatic rings. The molecule has 0 radical (unpaired) electrons. The normalized spacial score (nSPS) is 21.9. The maximum absolute atomic E-state index is 14.1. The van der Waals surface area contributed by atoms with Gasteiger partial charge in [-0.1, -0.05) is 12.1 Å². The zero-order valence-corrected chi connectivity index (χ0v) is 12.4. The lowest BCUT2D eigenvalue weighted by molar-refractivity contribution is -0.143. The Kier molecular flexibility index (Phi) is 4.51. The highest BCUT2D eigenvalue weighted by Crippen LogP contribution is 2.31. The number of carboxylic acid groups (broad SMARTS) is 1. The molecule has 21 heavy (non-hydrogen) atoms. The molecule has 1 heterocycles. The summed E-state index contributed by atoms with van der Waals surface area (Å²) in [5.41, 5.74) is 0.228. The number of methoxy groups -OCH3 is 1. The summed E-state index contributed by atoms with van der Waals surface area (Å²) in [4.78, 5) is 11.4. The van der Waals surface area contributed by atoms with Crippen molar-refractivity contribution in [3.63, 3.8) is 0 Å². The fourth-order valence-corrected chi connectivity index (χ4v) is 4.59. The van der Waals surface area contributed by atoms with E-state index in [-0.39, 0.29) is 29.2 Å². The van der Waals surface area contributed by atoms with Gasteiger partial charge in [-0.25, -0.2) is 12.8 Å². The Hall–Kier alpha value is -1.63. The number of sulfone groups is 1. The van der Waals surface area contributed by atoms with Crippen LogP contribution in [0.25, 0.3) is 0 Å². The third-order valence-corrected chi connectivity index (χ3v) is 5.65. The number of carbonyl (C=O) groups is 1. The molecule has 0 aromatic heterocycles. The van der Waals surface area contributed by atoms with Crippen LogP contribution in [-0.4, -0.2) is 38.1 Å². The summed E-state index contributed by atoms with van der Waals surface area (Å²) >= 11 is 0. The van der Waals surface area contributed by atoms with Crippen molar-refractivity contribution < 1.29 is 27.4 Å². The number of carboxylic acids is 1. The lowest BCUT2D eigenvalue weighted by Crippen LogP contribution is -2.27. The summed E-state index contributed by atoms with van der Waals surface area (Å²) in [6.07, 6.45) is 0.267. The van der Waals surface area contributed by atoms with Crippen LogP contribution in [0.2, 0.25) is 0 Å². The van der Waals surface area contributed by atoms with Gasteiger partial charge in [0.1, 0.15) is 0 Å². The molecule has 1 fully saturated rings. The van der Waals surface area contributed by atoms with Crippen LogP contribution in [0.5, 0.6) is 5.75 Å². The number of ether oxygens (including phenoxy) is 1. The average molecular weight is 316 g/mol. The Morgan fingerprint density at radius 1 is 1.52 bits per heavy atom. The van der Waals surface area contributed by atoms with Crippen molar-refractivity contribution in [2.24, 2.45) is 11.8 Å². The van der Waals surface area contributed by atoms with Crippen molar-refractivity contribution in [3.8, 4) is 5.75 Å². The quantitative estimate of drug-likeness (QED) is 0.890. The second-order valence-corrected chi connectivity index (χ2v) is 7.47. The third-order valence-electron chi connectivity index (χ3n) is 3.86. The van der Waals surface area contributed by atoms with Crippen molar-refractivity contribution in [3.05, 3.63) is 29.6 Å². The molecule has 1 aromatic rings. The molecule has 0 spiro atoms. The SMILES string of the molecule is COc1cccc(CC(C(=O)O)C2CCS(=O)(=O)C2)c1F. The van der Waals surface area contributed by atoms with Crippen LogP contribution in [0, 0.1) is 17.7 Å². The fourth-order valence-electron chi connectivity index (χ4n) is 2.71. The number of hydrogen-bond donors (Lipinski definition) is 1. The number of benzene rings is 1. The number of rotatable bonds is 5. The van der Waals surface area contributed by atoms with Crippen LogP contribution in [0.4, 0.5) is 4.39 Å². The van der Waals surface area contributed by atoms with Gasteiger partial charge in [0.2, 0.25) is 0 Å². The van der Waals surface area contributed by atoms with Gasteiger partial charge in [-0.15, -0.1) is 0 Å². The van der Waals surface area contributed by atoms with Crippen molar-refractivity contribution in [1.82, 2.24) is 0 Å². The summed E-state index contributed by atoms with van der Waals surface area (Å²) < 4.78 is 42.0. The van der Waals surface area contributed by atoms with Gasteiger partial charge in [-0.05, 0) is 30.4 Å². The van der Waals surface area contributed by atoms with Gasteiger partial charge < -0.3 is 9.84 Å². The molecule has 0 amide bonds. The van der Waals surface area contributed by atoms with Crippen LogP contribution >= 0.6 is 0 Å². The summed E-state index contributed by atoms with van der Waals surface area (Å²) in [6, 6.07) is 4.54. The van der Waals surface area contributed by atoms with Gasteiger partial charge in [0.15, 0.2) is 21.4 Å². The molecule has 0 aliphatic carbocycles. The number of hydrogen-bond acceptors (Lipinski definition) is 4. The molecule has 2 rings (SSSR count). The van der Waals surface area contributed by atoms with E-state index >= 15 is 0 Å². The molecular formula is C14H17FO5S. The molecule has 5 nitrogen and oxygen atoms in total. The molecule has 0 saturated carbocycles. The summed E-state index contributed by atoms with van der Waals surface area (Å²) in [5.74, 6) is -3.17. The summed E-state index contributed by atoms with van der Waals surface area (Å²) in [6.45, 7) is 0. The first-order chi connectivity index (χ1) is 9.84. The van der Waals surface area contributed by atoms with Crippen LogP contribution in [0.15, 0.2) is 18.2 Å². The van der Waals surface area contributed by atoms with Crippen LogP contribution in [0.3, 0.4) is 0 Å². The predicted molar refractivity (Wildman–Crippen MR) is 74.5 cm³/mol. The highest BCUT2D eigenvalue weighted by Gasteiger charge is 2.37. The summed E-state index contributed by atoms with van der Waals surface area (Å²) in [5, 5.41) is 9.33. The Labute approximate surface area is 122 Å². The van der Waals surface area contributed by atoms with E-state index in [1.54, 1.807) is 6.07 Å². The first-order valence-electron chi connectivity index (χ1n) is 6.58. The lowest BCUT2D eigenvalue weighted by Gasteiger charge is -2.19. The Balaban J connectivity index is 2.24. The van der Waals surface area contributed by atoms with E-state index in [0.29, 0.717) is 6.42 Å². The van der Waals surface area contributed by atoms with E-state index in [0.717, 1.165) is 0 Å². The predicted octanol–water partition coefficient (Wildman–Crippen LogP) is 1.51. The second kappa shape index (κ2) is 6.01.